The van der Waals surface area contributed by atoms with Gasteiger partial charge in [-0.1, -0.05) is 18.2 Å². The molecule has 0 aromatic heterocycles. The topological polar surface area (TPSA) is 83.7 Å². The summed E-state index contributed by atoms with van der Waals surface area (Å²) in [5.41, 5.74) is 6.64. The third kappa shape index (κ3) is 1.85. The Balaban J connectivity index is 2.57. The Morgan fingerprint density at radius 3 is 2.56 bits per heavy atom. The van der Waals surface area contributed by atoms with E-state index in [4.69, 9.17) is 5.73 Å². The Morgan fingerprint density at radius 2 is 2.00 bits per heavy atom. The zero-order valence-corrected chi connectivity index (χ0v) is 11.0. The molecule has 0 radical (unpaired) electrons. The molecule has 1 amide bonds. The van der Waals surface area contributed by atoms with Gasteiger partial charge in [-0.15, -0.1) is 0 Å². The van der Waals surface area contributed by atoms with Crippen molar-refractivity contribution in [2.24, 2.45) is 5.73 Å². The maximum Gasteiger partial charge on any atom is 0.304 e. The van der Waals surface area contributed by atoms with Crippen LogP contribution in [0.15, 0.2) is 24.3 Å². The Hall–Kier alpha value is -1.60. The number of rotatable bonds is 3. The number of benzene rings is 1. The van der Waals surface area contributed by atoms with Crippen LogP contribution in [-0.2, 0) is 21.4 Å². The normalized spacial score (nSPS) is 19.1. The van der Waals surface area contributed by atoms with Crippen LogP contribution in [0.5, 0.6) is 0 Å². The summed E-state index contributed by atoms with van der Waals surface area (Å²) >= 11 is 0. The molecule has 0 fully saturated rings. The highest BCUT2D eigenvalue weighted by Gasteiger charge is 2.41. The molecular weight excluding hydrogens is 254 g/mol. The van der Waals surface area contributed by atoms with Crippen molar-refractivity contribution in [3.8, 4) is 0 Å². The van der Waals surface area contributed by atoms with E-state index in [0.717, 1.165) is 14.2 Å². The maximum atomic E-state index is 12.3. The molecule has 2 rings (SSSR count). The third-order valence-electron chi connectivity index (χ3n) is 2.96. The average molecular weight is 269 g/mol. The summed E-state index contributed by atoms with van der Waals surface area (Å²) in [6, 6.07) is 6.17. The number of carbonyl (C=O) groups excluding carboxylic acids is 1. The summed E-state index contributed by atoms with van der Waals surface area (Å²) in [6.45, 7) is 0. The fraction of sp³-hybridized carbons (Fsp3) is 0.364. The van der Waals surface area contributed by atoms with Gasteiger partial charge in [0.2, 0.25) is 5.91 Å². The van der Waals surface area contributed by atoms with E-state index in [-0.39, 0.29) is 0 Å². The number of nitrogens with zero attached hydrogens (tertiary/aromatic N) is 2. The fourth-order valence-corrected chi connectivity index (χ4v) is 3.31. The first-order valence-electron chi connectivity index (χ1n) is 5.45. The van der Waals surface area contributed by atoms with Gasteiger partial charge < -0.3 is 5.73 Å². The number of hydrogen-bond donors (Lipinski definition) is 1. The number of amides is 1. The van der Waals surface area contributed by atoms with Gasteiger partial charge in [-0.25, -0.2) is 4.31 Å². The van der Waals surface area contributed by atoms with Gasteiger partial charge in [0.05, 0.1) is 5.69 Å². The molecule has 1 aromatic rings. The molecule has 0 bridgehead atoms. The highest BCUT2D eigenvalue weighted by atomic mass is 32.2. The summed E-state index contributed by atoms with van der Waals surface area (Å²) in [4.78, 5) is 11.4. The van der Waals surface area contributed by atoms with Crippen LogP contribution in [0.3, 0.4) is 0 Å². The Morgan fingerprint density at radius 1 is 1.39 bits per heavy atom. The Kier molecular flexibility index (Phi) is 3.04. The molecule has 0 spiro atoms. The number of hydrogen-bond acceptors (Lipinski definition) is 3. The number of fused-ring (bicyclic) bond motifs is 1. The van der Waals surface area contributed by atoms with Crippen LogP contribution < -0.4 is 10.0 Å². The van der Waals surface area contributed by atoms with Crippen molar-refractivity contribution >= 4 is 21.8 Å². The van der Waals surface area contributed by atoms with E-state index >= 15 is 0 Å². The van der Waals surface area contributed by atoms with Crippen LogP contribution >= 0.6 is 0 Å². The fourth-order valence-electron chi connectivity index (χ4n) is 2.03. The van der Waals surface area contributed by atoms with Crippen molar-refractivity contribution in [3.05, 3.63) is 29.8 Å². The highest BCUT2D eigenvalue weighted by molar-refractivity contribution is 7.90. The molecule has 0 aliphatic carbocycles. The van der Waals surface area contributed by atoms with Gasteiger partial charge in [-0.2, -0.15) is 12.7 Å². The average Bonchev–Trinajstić information content (AvgIpc) is 2.68. The van der Waals surface area contributed by atoms with Crippen molar-refractivity contribution in [2.75, 3.05) is 18.4 Å². The van der Waals surface area contributed by atoms with Crippen molar-refractivity contribution in [1.29, 1.82) is 0 Å². The van der Waals surface area contributed by atoms with Gasteiger partial charge in [0.1, 0.15) is 6.04 Å². The molecule has 1 atom stereocenters. The largest absolute Gasteiger partial charge is 0.368 e. The first kappa shape index (κ1) is 12.8. The van der Waals surface area contributed by atoms with Gasteiger partial charge >= 0.3 is 10.2 Å². The van der Waals surface area contributed by atoms with E-state index in [1.807, 2.05) is 6.07 Å². The van der Waals surface area contributed by atoms with E-state index in [2.05, 4.69) is 0 Å². The molecule has 1 aliphatic rings. The van der Waals surface area contributed by atoms with Gasteiger partial charge in [0, 0.05) is 20.5 Å². The molecule has 0 saturated carbocycles. The van der Waals surface area contributed by atoms with Crippen molar-refractivity contribution in [2.45, 2.75) is 12.5 Å². The van der Waals surface area contributed by atoms with Crippen LogP contribution in [0.2, 0.25) is 0 Å². The number of carbonyl (C=O) groups is 1. The lowest BCUT2D eigenvalue weighted by atomic mass is 10.1. The maximum absolute atomic E-state index is 12.3. The van der Waals surface area contributed by atoms with Crippen LogP contribution in [0.1, 0.15) is 5.56 Å². The Bertz CT molecular complexity index is 583. The molecule has 98 valence electrons. The van der Waals surface area contributed by atoms with Crippen molar-refractivity contribution < 1.29 is 13.2 Å². The summed E-state index contributed by atoms with van der Waals surface area (Å²) in [5, 5.41) is 0. The van der Waals surface area contributed by atoms with E-state index in [0.29, 0.717) is 12.1 Å². The lowest BCUT2D eigenvalue weighted by molar-refractivity contribution is -0.118. The van der Waals surface area contributed by atoms with E-state index in [1.54, 1.807) is 18.2 Å². The quantitative estimate of drug-likeness (QED) is 0.818. The third-order valence-corrected chi connectivity index (χ3v) is 4.84. The smallest absolute Gasteiger partial charge is 0.304 e. The monoisotopic (exact) mass is 269 g/mol. The summed E-state index contributed by atoms with van der Waals surface area (Å²) in [7, 11) is -0.869. The standard InChI is InChI=1S/C11H15N3O3S/c1-13(2)18(16,17)14-9-6-4-3-5-8(9)7-10(14)11(12)15/h3-6,10H,7H2,1-2H3,(H2,12,15)/t10-/m0/s1. The first-order chi connectivity index (χ1) is 8.35. The molecule has 18 heavy (non-hydrogen) atoms. The molecule has 1 aromatic carbocycles. The number of para-hydroxylation sites is 1. The van der Waals surface area contributed by atoms with E-state index in [1.165, 1.54) is 14.1 Å². The van der Waals surface area contributed by atoms with Crippen LogP contribution in [0.4, 0.5) is 5.69 Å². The van der Waals surface area contributed by atoms with Crippen LogP contribution in [0, 0.1) is 0 Å². The minimum Gasteiger partial charge on any atom is -0.368 e. The lowest BCUT2D eigenvalue weighted by Gasteiger charge is -2.27. The predicted octanol–water partition coefficient (Wildman–Crippen LogP) is -0.291. The first-order valence-corrected chi connectivity index (χ1v) is 6.84. The molecule has 7 heteroatoms. The molecule has 2 N–H and O–H groups in total. The molecular formula is C11H15N3O3S. The number of anilines is 1. The number of nitrogens with two attached hydrogens (primary N) is 1. The van der Waals surface area contributed by atoms with Gasteiger partial charge in [0.15, 0.2) is 0 Å². The minimum atomic E-state index is -3.72. The van der Waals surface area contributed by atoms with Gasteiger partial charge in [-0.3, -0.25) is 4.79 Å². The molecule has 0 unspecified atom stereocenters. The van der Waals surface area contributed by atoms with Gasteiger partial charge in [0.25, 0.3) is 0 Å². The second-order valence-corrected chi connectivity index (χ2v) is 6.36. The summed E-state index contributed by atoms with van der Waals surface area (Å²) < 4.78 is 26.7. The molecule has 1 aliphatic heterocycles. The second-order valence-electron chi connectivity index (χ2n) is 4.34. The summed E-state index contributed by atoms with van der Waals surface area (Å²) in [5.74, 6) is -0.642. The Labute approximate surface area is 106 Å². The van der Waals surface area contributed by atoms with Gasteiger partial charge in [-0.05, 0) is 11.6 Å². The predicted molar refractivity (Wildman–Crippen MR) is 68.2 cm³/mol. The zero-order chi connectivity index (χ0) is 13.5. The van der Waals surface area contributed by atoms with Crippen molar-refractivity contribution in [3.63, 3.8) is 0 Å². The SMILES string of the molecule is CN(C)S(=O)(=O)N1c2ccccc2C[C@H]1C(N)=O. The van der Waals surface area contributed by atoms with Crippen molar-refractivity contribution in [1.82, 2.24) is 4.31 Å². The minimum absolute atomic E-state index is 0.318. The highest BCUT2D eigenvalue weighted by Crippen LogP contribution is 2.34. The van der Waals surface area contributed by atoms with E-state index in [9.17, 15) is 13.2 Å². The molecule has 1 heterocycles. The lowest BCUT2D eigenvalue weighted by Crippen LogP contribution is -2.50. The van der Waals surface area contributed by atoms with Crippen LogP contribution in [0.25, 0.3) is 0 Å². The molecule has 6 nitrogen and oxygen atoms in total. The zero-order valence-electron chi connectivity index (χ0n) is 10.2. The number of primary amides is 1. The second kappa shape index (κ2) is 4.25. The van der Waals surface area contributed by atoms with E-state index < -0.39 is 22.2 Å². The summed E-state index contributed by atoms with van der Waals surface area (Å²) in [6.07, 6.45) is 0.318. The van der Waals surface area contributed by atoms with Crippen LogP contribution in [-0.4, -0.2) is 38.8 Å². The molecule has 0 saturated heterocycles.